The minimum atomic E-state index is -0.421. The molecule has 0 bridgehead atoms. The molecule has 170 valence electrons. The molecule has 4 aliphatic rings. The first-order valence-corrected chi connectivity index (χ1v) is 13.2. The smallest absolute Gasteiger partial charge is 0.364 e. The second kappa shape index (κ2) is 10.7. The molecule has 0 spiro atoms. The normalized spacial score (nSPS) is 39.8. The molecule has 7 atom stereocenters. The van der Waals surface area contributed by atoms with E-state index >= 15 is 0 Å². The second-order valence-electron chi connectivity index (χ2n) is 10.1. The lowest BCUT2D eigenvalue weighted by Gasteiger charge is -2.53. The molecule has 0 radical (unpaired) electrons. The van der Waals surface area contributed by atoms with Crippen LogP contribution in [-0.2, 0) is 4.74 Å². The highest BCUT2D eigenvalue weighted by Gasteiger charge is 2.55. The van der Waals surface area contributed by atoms with E-state index in [1.807, 2.05) is 13.8 Å². The number of fused-ring (bicyclic) bond motifs is 5. The van der Waals surface area contributed by atoms with Gasteiger partial charge in [-0.1, -0.05) is 77.0 Å². The lowest BCUT2D eigenvalue weighted by Crippen LogP contribution is -2.46. The van der Waals surface area contributed by atoms with E-state index in [0.29, 0.717) is 5.41 Å². The van der Waals surface area contributed by atoms with Crippen molar-refractivity contribution in [3.05, 3.63) is 23.8 Å². The number of carbonyl (C=O) groups is 1. The Hall–Kier alpha value is -0.700. The SMILES string of the molecule is CC.CCCC/C=C\[C@H]1CCC2[C@@H]3CC=C4C[C@@H](OC(=O)S)CCC4C3CC[C@@]21C. The molecular formula is C27H44O2S. The highest BCUT2D eigenvalue weighted by atomic mass is 32.1. The van der Waals surface area contributed by atoms with Gasteiger partial charge in [0.25, 0.3) is 0 Å². The number of unbranched alkanes of at least 4 members (excludes halogenated alkanes) is 2. The second-order valence-corrected chi connectivity index (χ2v) is 10.5. The summed E-state index contributed by atoms with van der Waals surface area (Å²) in [7, 11) is 0. The van der Waals surface area contributed by atoms with Crippen LogP contribution in [0.5, 0.6) is 0 Å². The van der Waals surface area contributed by atoms with Crippen molar-refractivity contribution >= 4 is 17.9 Å². The van der Waals surface area contributed by atoms with E-state index in [-0.39, 0.29) is 6.10 Å². The summed E-state index contributed by atoms with van der Waals surface area (Å²) in [5.74, 6) is 4.19. The Kier molecular flexibility index (Phi) is 8.58. The van der Waals surface area contributed by atoms with Crippen molar-refractivity contribution in [3.63, 3.8) is 0 Å². The molecule has 3 heteroatoms. The summed E-state index contributed by atoms with van der Waals surface area (Å²) < 4.78 is 5.41. The molecule has 0 aliphatic heterocycles. The Morgan fingerprint density at radius 1 is 1.20 bits per heavy atom. The van der Waals surface area contributed by atoms with Crippen LogP contribution in [0.25, 0.3) is 0 Å². The Bertz CT molecular complexity index is 639. The van der Waals surface area contributed by atoms with E-state index in [1.165, 1.54) is 57.8 Å². The van der Waals surface area contributed by atoms with Gasteiger partial charge in [-0.2, -0.15) is 0 Å². The maximum absolute atomic E-state index is 11.2. The molecule has 2 nitrogen and oxygen atoms in total. The Labute approximate surface area is 190 Å². The molecule has 0 N–H and O–H groups in total. The number of hydrogen-bond donors (Lipinski definition) is 1. The third-order valence-electron chi connectivity index (χ3n) is 8.83. The molecule has 0 aromatic carbocycles. The van der Waals surface area contributed by atoms with Crippen LogP contribution in [0, 0.1) is 35.0 Å². The Morgan fingerprint density at radius 3 is 2.73 bits per heavy atom. The molecule has 3 fully saturated rings. The molecule has 0 aromatic heterocycles. The van der Waals surface area contributed by atoms with Crippen molar-refractivity contribution in [1.82, 2.24) is 0 Å². The zero-order valence-electron chi connectivity index (χ0n) is 19.7. The molecule has 4 aliphatic carbocycles. The van der Waals surface area contributed by atoms with Crippen LogP contribution < -0.4 is 0 Å². The van der Waals surface area contributed by atoms with Gasteiger partial charge < -0.3 is 4.74 Å². The van der Waals surface area contributed by atoms with E-state index < -0.39 is 5.30 Å². The fourth-order valence-electron chi connectivity index (χ4n) is 7.42. The van der Waals surface area contributed by atoms with Crippen molar-refractivity contribution < 1.29 is 9.53 Å². The van der Waals surface area contributed by atoms with E-state index in [2.05, 4.69) is 44.7 Å². The van der Waals surface area contributed by atoms with Crippen molar-refractivity contribution in [2.45, 2.75) is 104 Å². The minimum absolute atomic E-state index is 0.0574. The molecule has 0 saturated heterocycles. The molecule has 4 rings (SSSR count). The quantitative estimate of drug-likeness (QED) is 0.204. The molecule has 0 amide bonds. The lowest BCUT2D eigenvalue weighted by molar-refractivity contribution is -0.0108. The van der Waals surface area contributed by atoms with E-state index in [9.17, 15) is 4.79 Å². The first-order valence-electron chi connectivity index (χ1n) is 12.8. The van der Waals surface area contributed by atoms with Gasteiger partial charge in [-0.3, -0.25) is 0 Å². The van der Waals surface area contributed by atoms with E-state index in [0.717, 1.165) is 42.4 Å². The van der Waals surface area contributed by atoms with Gasteiger partial charge in [0, 0.05) is 6.42 Å². The van der Waals surface area contributed by atoms with Gasteiger partial charge in [0.05, 0.1) is 0 Å². The van der Waals surface area contributed by atoms with Crippen molar-refractivity contribution in [3.8, 4) is 0 Å². The average Bonchev–Trinajstić information content (AvgIpc) is 3.08. The minimum Gasteiger partial charge on any atom is -0.454 e. The molecule has 3 unspecified atom stereocenters. The van der Waals surface area contributed by atoms with Crippen LogP contribution in [0.4, 0.5) is 4.79 Å². The fraction of sp³-hybridized carbons (Fsp3) is 0.815. The van der Waals surface area contributed by atoms with Crippen molar-refractivity contribution in [1.29, 1.82) is 0 Å². The zero-order chi connectivity index (χ0) is 21.7. The van der Waals surface area contributed by atoms with Crippen LogP contribution in [0.3, 0.4) is 0 Å². The first-order chi connectivity index (χ1) is 14.5. The Balaban J connectivity index is 0.00000124. The average molecular weight is 433 g/mol. The largest absolute Gasteiger partial charge is 0.454 e. The molecule has 30 heavy (non-hydrogen) atoms. The monoisotopic (exact) mass is 432 g/mol. The maximum Gasteiger partial charge on any atom is 0.364 e. The summed E-state index contributed by atoms with van der Waals surface area (Å²) in [5.41, 5.74) is 2.11. The van der Waals surface area contributed by atoms with Gasteiger partial charge in [0.15, 0.2) is 0 Å². The summed E-state index contributed by atoms with van der Waals surface area (Å²) in [6, 6.07) is 0. The standard InChI is InChI=1S/C25H38O2S.C2H6/c1-3-4-5-6-7-18-9-13-23-22-11-8-17-16-19(27-24(26)28)10-12-20(17)21(22)14-15-25(18,23)2;1-2/h6-8,18-23H,3-5,9-16H2,1-2H3,(H,26,28);1-2H3/b7-6-;/t18-,19-,20?,21?,22+,23?,25+;/m0./s1. The molecule has 0 heterocycles. The van der Waals surface area contributed by atoms with Gasteiger partial charge in [-0.05, 0) is 86.4 Å². The van der Waals surface area contributed by atoms with Gasteiger partial charge in [-0.15, -0.1) is 0 Å². The number of carbonyl (C=O) groups excluding carboxylic acids is 1. The summed E-state index contributed by atoms with van der Waals surface area (Å²) >= 11 is 3.81. The van der Waals surface area contributed by atoms with Crippen LogP contribution >= 0.6 is 12.6 Å². The molecule has 3 saturated carbocycles. The predicted octanol–water partition coefficient (Wildman–Crippen LogP) is 8.38. The predicted molar refractivity (Wildman–Crippen MR) is 130 cm³/mol. The highest BCUT2D eigenvalue weighted by Crippen LogP contribution is 2.63. The third-order valence-corrected chi connectivity index (χ3v) is 8.94. The van der Waals surface area contributed by atoms with Gasteiger partial charge in [-0.25, -0.2) is 4.79 Å². The number of allylic oxidation sites excluding steroid dienone is 3. The van der Waals surface area contributed by atoms with E-state index in [4.69, 9.17) is 4.74 Å². The molecular weight excluding hydrogens is 388 g/mol. The van der Waals surface area contributed by atoms with Crippen molar-refractivity contribution in [2.24, 2.45) is 35.0 Å². The number of thiol groups is 1. The first kappa shape index (κ1) is 24.0. The number of hydrogen-bond acceptors (Lipinski definition) is 2. The molecule has 0 aromatic rings. The summed E-state index contributed by atoms with van der Waals surface area (Å²) in [4.78, 5) is 11.2. The third kappa shape index (κ3) is 4.87. The number of rotatable bonds is 5. The van der Waals surface area contributed by atoms with Crippen LogP contribution in [0.2, 0.25) is 0 Å². The van der Waals surface area contributed by atoms with Crippen LogP contribution in [0.15, 0.2) is 23.8 Å². The summed E-state index contributed by atoms with van der Waals surface area (Å²) in [5, 5.41) is -0.421. The van der Waals surface area contributed by atoms with Gasteiger partial charge in [0.2, 0.25) is 0 Å². The van der Waals surface area contributed by atoms with Gasteiger partial charge in [0.1, 0.15) is 6.10 Å². The Morgan fingerprint density at radius 2 is 2.00 bits per heavy atom. The topological polar surface area (TPSA) is 26.3 Å². The van der Waals surface area contributed by atoms with Crippen LogP contribution in [0.1, 0.15) is 98.3 Å². The van der Waals surface area contributed by atoms with Crippen LogP contribution in [-0.4, -0.2) is 11.4 Å². The van der Waals surface area contributed by atoms with Crippen molar-refractivity contribution in [2.75, 3.05) is 0 Å². The zero-order valence-corrected chi connectivity index (χ0v) is 20.6. The highest BCUT2D eigenvalue weighted by molar-refractivity contribution is 7.96. The van der Waals surface area contributed by atoms with E-state index in [1.54, 1.807) is 5.57 Å². The van der Waals surface area contributed by atoms with Gasteiger partial charge >= 0.3 is 5.30 Å². The summed E-state index contributed by atoms with van der Waals surface area (Å²) in [6.07, 6.45) is 21.6. The lowest BCUT2D eigenvalue weighted by atomic mass is 9.52. The maximum atomic E-state index is 11.2. The summed E-state index contributed by atoms with van der Waals surface area (Å²) in [6.45, 7) is 8.89. The fourth-order valence-corrected chi connectivity index (χ4v) is 7.57. The number of ether oxygens (including phenoxy) is 1.